The first-order chi connectivity index (χ1) is 21.3. The molecule has 0 bridgehead atoms. The van der Waals surface area contributed by atoms with Crippen LogP contribution in [0.25, 0.3) is 0 Å². The largest absolute Gasteiger partial charge is 0.481 e. The quantitative estimate of drug-likeness (QED) is 0.158. The van der Waals surface area contributed by atoms with Gasteiger partial charge in [-0.25, -0.2) is 0 Å². The lowest BCUT2D eigenvalue weighted by atomic mass is 9.32. The molecular weight excluding hydrogens is 576 g/mol. The molecule has 0 aliphatic heterocycles. The van der Waals surface area contributed by atoms with Gasteiger partial charge in [0.15, 0.2) is 0 Å². The number of rotatable bonds is 8. The van der Waals surface area contributed by atoms with Gasteiger partial charge in [-0.15, -0.1) is 0 Å². The van der Waals surface area contributed by atoms with Crippen molar-refractivity contribution in [2.75, 3.05) is 6.54 Å². The van der Waals surface area contributed by atoms with Crippen molar-refractivity contribution in [3.8, 4) is 6.07 Å². The summed E-state index contributed by atoms with van der Waals surface area (Å²) in [6, 6.07) is 2.07. The maximum absolute atomic E-state index is 13.1. The molecule has 0 aromatic carbocycles. The van der Waals surface area contributed by atoms with Crippen LogP contribution in [-0.2, 0) is 19.1 Å². The fourth-order valence-electron chi connectivity index (χ4n) is 12.9. The fraction of sp³-hybridized carbons (Fsp3) is 0.846. The van der Waals surface area contributed by atoms with E-state index >= 15 is 0 Å². The van der Waals surface area contributed by atoms with Crippen molar-refractivity contribution in [2.24, 2.45) is 62.1 Å². The van der Waals surface area contributed by atoms with Gasteiger partial charge in [0, 0.05) is 11.8 Å². The maximum atomic E-state index is 13.1. The first-order valence-corrected chi connectivity index (χ1v) is 18.0. The minimum Gasteiger partial charge on any atom is -0.481 e. The number of nitriles is 1. The SMILES string of the molecule is C=C(C)[C@@H]1CC[C@]2(CC(=O)NCC#N)CC[C@]3(C)[C@H](CC[C@@H]4[C@@]5(C)CC[C@H](OC(=O)CC(C)(C)C(=O)O)C(C)(C)[C@@H]5CC[C@]43C)[C@@H]12. The summed E-state index contributed by atoms with van der Waals surface area (Å²) < 4.78 is 6.14. The molecule has 0 aromatic heterocycles. The molecule has 2 N–H and O–H groups in total. The topological polar surface area (TPSA) is 116 Å². The standard InChI is InChI=1S/C39H60N2O5/c1-24(2)25-12-17-39(22-30(42)41-21-20-40)19-18-37(8)26(32(25)39)10-11-28-36(7)15-14-29(46-31(43)23-34(3,4)33(44)45)35(5,6)27(36)13-16-38(28,37)9/h25-29,32H,1,10-19,21-23H2,2-9H3,(H,41,42)(H,44,45)/t25-,26+,27-,28+,29-,32+,36-,37+,38+,39+/m0/s1. The molecule has 5 fully saturated rings. The van der Waals surface area contributed by atoms with Crippen LogP contribution in [0.5, 0.6) is 0 Å². The summed E-state index contributed by atoms with van der Waals surface area (Å²) in [5.74, 6) is 1.05. The zero-order chi connectivity index (χ0) is 34.1. The van der Waals surface area contributed by atoms with Crippen molar-refractivity contribution >= 4 is 17.8 Å². The van der Waals surface area contributed by atoms with Gasteiger partial charge in [-0.2, -0.15) is 5.26 Å². The number of ether oxygens (including phenoxy) is 1. The molecule has 0 unspecified atom stereocenters. The van der Waals surface area contributed by atoms with Gasteiger partial charge in [-0.05, 0) is 136 Å². The number of nitrogens with one attached hydrogen (secondary N) is 1. The number of carboxylic acid groups (broad SMARTS) is 1. The predicted molar refractivity (Wildman–Crippen MR) is 178 cm³/mol. The molecule has 0 spiro atoms. The van der Waals surface area contributed by atoms with E-state index in [9.17, 15) is 19.5 Å². The molecule has 7 heteroatoms. The normalized spacial score (nSPS) is 42.7. The molecule has 0 saturated heterocycles. The van der Waals surface area contributed by atoms with Crippen LogP contribution >= 0.6 is 0 Å². The molecule has 10 atom stereocenters. The zero-order valence-corrected chi connectivity index (χ0v) is 29.9. The highest BCUT2D eigenvalue weighted by atomic mass is 16.5. The van der Waals surface area contributed by atoms with Crippen molar-refractivity contribution in [1.82, 2.24) is 5.32 Å². The number of carbonyl (C=O) groups is 3. The van der Waals surface area contributed by atoms with Crippen LogP contribution in [0.2, 0.25) is 0 Å². The maximum Gasteiger partial charge on any atom is 0.309 e. The van der Waals surface area contributed by atoms with Gasteiger partial charge in [0.1, 0.15) is 12.6 Å². The summed E-state index contributed by atoms with van der Waals surface area (Å²) in [6.07, 6.45) is 11.0. The number of allylic oxidation sites excluding steroid dienone is 1. The Morgan fingerprint density at radius 2 is 1.63 bits per heavy atom. The monoisotopic (exact) mass is 636 g/mol. The third kappa shape index (κ3) is 5.23. The van der Waals surface area contributed by atoms with Crippen molar-refractivity contribution in [1.29, 1.82) is 5.26 Å². The number of hydrogen-bond donors (Lipinski definition) is 2. The predicted octanol–water partition coefficient (Wildman–Crippen LogP) is 8.09. The van der Waals surface area contributed by atoms with Gasteiger partial charge < -0.3 is 15.2 Å². The lowest BCUT2D eigenvalue weighted by Crippen LogP contribution is -2.67. The lowest BCUT2D eigenvalue weighted by molar-refractivity contribution is -0.250. The lowest BCUT2D eigenvalue weighted by Gasteiger charge is -2.73. The highest BCUT2D eigenvalue weighted by Gasteiger charge is 2.71. The summed E-state index contributed by atoms with van der Waals surface area (Å²) in [5.41, 5.74) is 0.353. The minimum atomic E-state index is -1.15. The Hall–Kier alpha value is -2.36. The first-order valence-electron chi connectivity index (χ1n) is 18.0. The van der Waals surface area contributed by atoms with E-state index in [-0.39, 0.29) is 52.1 Å². The van der Waals surface area contributed by atoms with E-state index in [0.717, 1.165) is 51.4 Å². The Labute approximate surface area is 277 Å². The zero-order valence-electron chi connectivity index (χ0n) is 29.9. The highest BCUT2D eigenvalue weighted by Crippen LogP contribution is 2.78. The summed E-state index contributed by atoms with van der Waals surface area (Å²) in [7, 11) is 0. The van der Waals surface area contributed by atoms with Gasteiger partial charge in [0.25, 0.3) is 0 Å². The van der Waals surface area contributed by atoms with Crippen molar-refractivity contribution in [2.45, 2.75) is 139 Å². The number of hydrogen-bond acceptors (Lipinski definition) is 5. The van der Waals surface area contributed by atoms with E-state index < -0.39 is 17.4 Å². The molecule has 5 saturated carbocycles. The number of carbonyl (C=O) groups excluding carboxylic acids is 2. The molecule has 5 rings (SSSR count). The fourth-order valence-corrected chi connectivity index (χ4v) is 12.9. The molecule has 0 radical (unpaired) electrons. The molecular formula is C39H60N2O5. The van der Waals surface area contributed by atoms with Crippen LogP contribution in [-0.4, -0.2) is 35.6 Å². The van der Waals surface area contributed by atoms with E-state index in [1.54, 1.807) is 13.8 Å². The molecule has 46 heavy (non-hydrogen) atoms. The van der Waals surface area contributed by atoms with Gasteiger partial charge >= 0.3 is 11.9 Å². The Balaban J connectivity index is 1.41. The summed E-state index contributed by atoms with van der Waals surface area (Å²) >= 11 is 0. The molecule has 5 aliphatic carbocycles. The van der Waals surface area contributed by atoms with Crippen LogP contribution in [0, 0.1) is 73.4 Å². The van der Waals surface area contributed by atoms with Gasteiger partial charge in [0.2, 0.25) is 5.91 Å². The van der Waals surface area contributed by atoms with E-state index in [1.807, 2.05) is 0 Å². The van der Waals surface area contributed by atoms with Crippen LogP contribution in [0.3, 0.4) is 0 Å². The van der Waals surface area contributed by atoms with Crippen molar-refractivity contribution in [3.05, 3.63) is 12.2 Å². The van der Waals surface area contributed by atoms with E-state index in [0.29, 0.717) is 36.0 Å². The summed E-state index contributed by atoms with van der Waals surface area (Å²) in [5, 5.41) is 21.5. The third-order valence-electron chi connectivity index (χ3n) is 15.5. The van der Waals surface area contributed by atoms with Crippen LogP contribution in [0.15, 0.2) is 12.2 Å². The second kappa shape index (κ2) is 11.7. The Morgan fingerprint density at radius 1 is 0.935 bits per heavy atom. The Morgan fingerprint density at radius 3 is 2.26 bits per heavy atom. The summed E-state index contributed by atoms with van der Waals surface area (Å²) in [6.45, 7) is 22.2. The number of nitrogens with zero attached hydrogens (tertiary/aromatic N) is 1. The highest BCUT2D eigenvalue weighted by molar-refractivity contribution is 5.81. The summed E-state index contributed by atoms with van der Waals surface area (Å²) in [4.78, 5) is 37.8. The molecule has 0 aromatic rings. The molecule has 1 amide bonds. The molecule has 256 valence electrons. The van der Waals surface area contributed by atoms with Gasteiger partial charge in [0.05, 0.1) is 17.9 Å². The number of carboxylic acids is 1. The smallest absolute Gasteiger partial charge is 0.309 e. The second-order valence-electron chi connectivity index (χ2n) is 18.4. The number of amides is 1. The Bertz CT molecular complexity index is 1310. The number of fused-ring (bicyclic) bond motifs is 7. The van der Waals surface area contributed by atoms with Crippen LogP contribution < -0.4 is 5.32 Å². The Kier molecular flexibility index (Phi) is 8.86. The minimum absolute atomic E-state index is 0.0171. The van der Waals surface area contributed by atoms with Crippen molar-refractivity contribution < 1.29 is 24.2 Å². The third-order valence-corrected chi connectivity index (χ3v) is 15.5. The number of aliphatic carboxylic acids is 1. The first kappa shape index (κ1) is 35.0. The average molecular weight is 637 g/mol. The van der Waals surface area contributed by atoms with Gasteiger partial charge in [-0.1, -0.05) is 46.8 Å². The second-order valence-corrected chi connectivity index (χ2v) is 18.4. The average Bonchev–Trinajstić information content (AvgIpc) is 3.33. The van der Waals surface area contributed by atoms with Crippen LogP contribution in [0.1, 0.15) is 132 Å². The van der Waals surface area contributed by atoms with Gasteiger partial charge in [-0.3, -0.25) is 14.4 Å². The molecule has 7 nitrogen and oxygen atoms in total. The van der Waals surface area contributed by atoms with E-state index in [4.69, 9.17) is 10.00 Å². The van der Waals surface area contributed by atoms with Crippen molar-refractivity contribution in [3.63, 3.8) is 0 Å². The number of esters is 1. The molecule has 5 aliphatic rings. The van der Waals surface area contributed by atoms with E-state index in [2.05, 4.69) is 59.5 Å². The van der Waals surface area contributed by atoms with E-state index in [1.165, 1.54) is 18.4 Å². The van der Waals surface area contributed by atoms with Crippen LogP contribution in [0.4, 0.5) is 0 Å². The molecule has 0 heterocycles.